The molecule has 1 unspecified atom stereocenters. The van der Waals surface area contributed by atoms with E-state index in [1.54, 1.807) is 0 Å². The van der Waals surface area contributed by atoms with E-state index in [9.17, 15) is 16.8 Å². The highest BCUT2D eigenvalue weighted by atomic mass is 32.2. The predicted molar refractivity (Wildman–Crippen MR) is 76.3 cm³/mol. The second kappa shape index (κ2) is 7.01. The van der Waals surface area contributed by atoms with Crippen LogP contribution in [0.4, 0.5) is 0 Å². The molecule has 6 nitrogen and oxygen atoms in total. The van der Waals surface area contributed by atoms with E-state index in [2.05, 4.69) is 5.32 Å². The highest BCUT2D eigenvalue weighted by Crippen LogP contribution is 2.19. The van der Waals surface area contributed by atoms with Gasteiger partial charge in [-0.25, -0.2) is 21.1 Å². The molecule has 0 aromatic heterocycles. The Kier molecular flexibility index (Phi) is 6.22. The van der Waals surface area contributed by atoms with Gasteiger partial charge >= 0.3 is 0 Å². The predicted octanol–water partition coefficient (Wildman–Crippen LogP) is -0.318. The van der Waals surface area contributed by atoms with Crippen LogP contribution in [0.3, 0.4) is 0 Å². The molecule has 8 heteroatoms. The van der Waals surface area contributed by atoms with Crippen molar-refractivity contribution < 1.29 is 16.8 Å². The summed E-state index contributed by atoms with van der Waals surface area (Å²) >= 11 is 0. The monoisotopic (exact) mass is 312 g/mol. The van der Waals surface area contributed by atoms with Gasteiger partial charge in [-0.05, 0) is 31.8 Å². The van der Waals surface area contributed by atoms with Crippen molar-refractivity contribution in [3.05, 3.63) is 0 Å². The van der Waals surface area contributed by atoms with Gasteiger partial charge in [-0.3, -0.25) is 0 Å². The third-order valence-electron chi connectivity index (χ3n) is 3.27. The van der Waals surface area contributed by atoms with Gasteiger partial charge in [-0.2, -0.15) is 0 Å². The molecule has 1 heterocycles. The SMILES string of the molecule is CCNCC1CCCN(S(=O)(=O)CCS(C)(=O)=O)C1. The maximum Gasteiger partial charge on any atom is 0.215 e. The lowest BCUT2D eigenvalue weighted by Crippen LogP contribution is -2.44. The van der Waals surface area contributed by atoms with E-state index in [1.807, 2.05) is 6.92 Å². The summed E-state index contributed by atoms with van der Waals surface area (Å²) in [4.78, 5) is 0. The molecule has 0 spiro atoms. The van der Waals surface area contributed by atoms with E-state index in [-0.39, 0.29) is 11.5 Å². The number of hydrogen-bond acceptors (Lipinski definition) is 5. The van der Waals surface area contributed by atoms with Crippen molar-refractivity contribution in [2.45, 2.75) is 19.8 Å². The van der Waals surface area contributed by atoms with Crippen LogP contribution in [0.25, 0.3) is 0 Å². The molecular formula is C11H24N2O4S2. The molecule has 114 valence electrons. The van der Waals surface area contributed by atoms with Gasteiger partial charge in [0.05, 0.1) is 11.5 Å². The number of rotatable bonds is 7. The van der Waals surface area contributed by atoms with Gasteiger partial charge in [-0.1, -0.05) is 6.92 Å². The Balaban J connectivity index is 2.57. The number of nitrogens with zero attached hydrogens (tertiary/aromatic N) is 1. The minimum Gasteiger partial charge on any atom is -0.317 e. The maximum atomic E-state index is 12.1. The van der Waals surface area contributed by atoms with Gasteiger partial charge in [-0.15, -0.1) is 0 Å². The fourth-order valence-corrected chi connectivity index (χ4v) is 5.34. The van der Waals surface area contributed by atoms with Crippen molar-refractivity contribution in [1.29, 1.82) is 0 Å². The summed E-state index contributed by atoms with van der Waals surface area (Å²) in [6.07, 6.45) is 2.92. The van der Waals surface area contributed by atoms with Gasteiger partial charge in [0.1, 0.15) is 9.84 Å². The quantitative estimate of drug-likeness (QED) is 0.697. The van der Waals surface area contributed by atoms with Crippen LogP contribution >= 0.6 is 0 Å². The Morgan fingerprint density at radius 1 is 1.21 bits per heavy atom. The summed E-state index contributed by atoms with van der Waals surface area (Å²) in [6, 6.07) is 0. The first kappa shape index (κ1) is 16.9. The maximum absolute atomic E-state index is 12.1. The third kappa shape index (κ3) is 6.20. The van der Waals surface area contributed by atoms with E-state index in [1.165, 1.54) is 4.31 Å². The van der Waals surface area contributed by atoms with Gasteiger partial charge in [0.15, 0.2) is 0 Å². The minimum atomic E-state index is -3.45. The van der Waals surface area contributed by atoms with Crippen LogP contribution in [-0.4, -0.2) is 65.1 Å². The molecule has 0 aromatic rings. The second-order valence-electron chi connectivity index (χ2n) is 5.12. The first-order valence-corrected chi connectivity index (χ1v) is 10.3. The van der Waals surface area contributed by atoms with Crippen LogP contribution in [0.15, 0.2) is 0 Å². The highest BCUT2D eigenvalue weighted by molar-refractivity contribution is 7.93. The highest BCUT2D eigenvalue weighted by Gasteiger charge is 2.29. The largest absolute Gasteiger partial charge is 0.317 e. The first-order valence-electron chi connectivity index (χ1n) is 6.61. The van der Waals surface area contributed by atoms with Crippen LogP contribution in [0.1, 0.15) is 19.8 Å². The Hall–Kier alpha value is -0.180. The molecule has 0 aromatic carbocycles. The molecule has 0 amide bonds. The Labute approximate surface area is 116 Å². The van der Waals surface area contributed by atoms with E-state index in [4.69, 9.17) is 0 Å². The topological polar surface area (TPSA) is 83.6 Å². The van der Waals surface area contributed by atoms with Crippen LogP contribution in [-0.2, 0) is 19.9 Å². The van der Waals surface area contributed by atoms with Crippen LogP contribution < -0.4 is 5.32 Å². The smallest absolute Gasteiger partial charge is 0.215 e. The van der Waals surface area contributed by atoms with Crippen LogP contribution in [0, 0.1) is 5.92 Å². The Bertz CT molecular complexity index is 473. The molecule has 1 saturated heterocycles. The Morgan fingerprint density at radius 2 is 1.89 bits per heavy atom. The fourth-order valence-electron chi connectivity index (χ4n) is 2.18. The number of sulfonamides is 1. The number of piperidine rings is 1. The summed E-state index contributed by atoms with van der Waals surface area (Å²) in [7, 11) is -6.69. The van der Waals surface area contributed by atoms with Crippen molar-refractivity contribution in [3.8, 4) is 0 Å². The van der Waals surface area contributed by atoms with Gasteiger partial charge in [0, 0.05) is 19.3 Å². The number of sulfone groups is 1. The molecular weight excluding hydrogens is 288 g/mol. The van der Waals surface area contributed by atoms with Gasteiger partial charge < -0.3 is 5.32 Å². The molecule has 0 bridgehead atoms. The van der Waals surface area contributed by atoms with Crippen molar-refractivity contribution in [1.82, 2.24) is 9.62 Å². The van der Waals surface area contributed by atoms with Crippen molar-refractivity contribution in [2.75, 3.05) is 43.9 Å². The normalized spacial score (nSPS) is 22.5. The zero-order valence-corrected chi connectivity index (χ0v) is 13.3. The molecule has 1 N–H and O–H groups in total. The van der Waals surface area contributed by atoms with Crippen molar-refractivity contribution >= 4 is 19.9 Å². The lowest BCUT2D eigenvalue weighted by Gasteiger charge is -2.32. The summed E-state index contributed by atoms with van der Waals surface area (Å²) in [5, 5.41) is 3.23. The van der Waals surface area contributed by atoms with Crippen LogP contribution in [0.5, 0.6) is 0 Å². The van der Waals surface area contributed by atoms with E-state index < -0.39 is 19.9 Å². The number of nitrogens with one attached hydrogen (secondary N) is 1. The van der Waals surface area contributed by atoms with Crippen molar-refractivity contribution in [2.24, 2.45) is 5.92 Å². The first-order chi connectivity index (χ1) is 8.74. The van der Waals surface area contributed by atoms with E-state index in [0.29, 0.717) is 19.0 Å². The zero-order chi connectivity index (χ0) is 14.5. The summed E-state index contributed by atoms with van der Waals surface area (Å²) in [6.45, 7) is 4.71. The molecule has 19 heavy (non-hydrogen) atoms. The molecule has 0 radical (unpaired) electrons. The lowest BCUT2D eigenvalue weighted by molar-refractivity contribution is 0.261. The molecule has 1 rings (SSSR count). The molecule has 1 aliphatic rings. The molecule has 0 aliphatic carbocycles. The van der Waals surface area contributed by atoms with E-state index in [0.717, 1.165) is 32.2 Å². The van der Waals surface area contributed by atoms with Gasteiger partial charge in [0.2, 0.25) is 10.0 Å². The minimum absolute atomic E-state index is 0.302. The fraction of sp³-hybridized carbons (Fsp3) is 1.00. The standard InChI is InChI=1S/C11H24N2O4S2/c1-3-12-9-11-5-4-6-13(10-11)19(16,17)8-7-18(2,14)15/h11-12H,3-10H2,1-2H3. The van der Waals surface area contributed by atoms with Gasteiger partial charge in [0.25, 0.3) is 0 Å². The zero-order valence-electron chi connectivity index (χ0n) is 11.6. The van der Waals surface area contributed by atoms with Crippen molar-refractivity contribution in [3.63, 3.8) is 0 Å². The lowest BCUT2D eigenvalue weighted by atomic mass is 10.00. The molecule has 1 fully saturated rings. The number of hydrogen-bond donors (Lipinski definition) is 1. The average molecular weight is 312 g/mol. The Morgan fingerprint density at radius 3 is 2.47 bits per heavy atom. The summed E-state index contributed by atoms with van der Waals surface area (Å²) < 4.78 is 47.8. The summed E-state index contributed by atoms with van der Waals surface area (Å²) in [5.74, 6) is -0.287. The second-order valence-corrected chi connectivity index (χ2v) is 9.47. The molecule has 1 aliphatic heterocycles. The third-order valence-corrected chi connectivity index (χ3v) is 6.31. The average Bonchev–Trinajstić information content (AvgIpc) is 2.34. The molecule has 0 saturated carbocycles. The van der Waals surface area contributed by atoms with E-state index >= 15 is 0 Å². The van der Waals surface area contributed by atoms with Crippen LogP contribution in [0.2, 0.25) is 0 Å². The summed E-state index contributed by atoms with van der Waals surface area (Å²) in [5.41, 5.74) is 0. The molecule has 1 atom stereocenters.